The fourth-order valence-corrected chi connectivity index (χ4v) is 3.74. The molecule has 0 spiro atoms. The SMILES string of the molecule is CCCCCCC1=[C-]CC=C1CC.CCCCCCC1=[C-]CC=C1CC.[Zr+2]. The summed E-state index contributed by atoms with van der Waals surface area (Å²) in [6, 6.07) is 0. The Balaban J connectivity index is 0.000000483. The van der Waals surface area contributed by atoms with Gasteiger partial charge in [0.05, 0.1) is 0 Å². The molecule has 0 saturated heterocycles. The third kappa shape index (κ3) is 11.4. The summed E-state index contributed by atoms with van der Waals surface area (Å²) in [5.74, 6) is 0. The minimum atomic E-state index is 0. The molecule has 0 N–H and O–H groups in total. The predicted molar refractivity (Wildman–Crippen MR) is 117 cm³/mol. The van der Waals surface area contributed by atoms with Crippen LogP contribution in [-0.4, -0.2) is 0 Å². The van der Waals surface area contributed by atoms with Crippen molar-refractivity contribution in [3.8, 4) is 0 Å². The molecule has 2 aliphatic rings. The van der Waals surface area contributed by atoms with Crippen LogP contribution in [0.3, 0.4) is 0 Å². The Labute approximate surface area is 189 Å². The van der Waals surface area contributed by atoms with Gasteiger partial charge in [0.1, 0.15) is 0 Å². The summed E-state index contributed by atoms with van der Waals surface area (Å²) in [7, 11) is 0. The van der Waals surface area contributed by atoms with Crippen molar-refractivity contribution in [2.45, 2.75) is 118 Å². The molecule has 0 radical (unpaired) electrons. The smallest absolute Gasteiger partial charge is 0.269 e. The van der Waals surface area contributed by atoms with Crippen LogP contribution in [0.15, 0.2) is 34.4 Å². The van der Waals surface area contributed by atoms with Gasteiger partial charge in [-0.3, -0.25) is 12.2 Å². The summed E-state index contributed by atoms with van der Waals surface area (Å²) in [4.78, 5) is 0. The van der Waals surface area contributed by atoms with Crippen LogP contribution in [0, 0.1) is 12.2 Å². The van der Waals surface area contributed by atoms with Crippen molar-refractivity contribution >= 4 is 0 Å². The molecule has 0 unspecified atom stereocenters. The van der Waals surface area contributed by atoms with E-state index in [9.17, 15) is 0 Å². The second kappa shape index (κ2) is 17.9. The molecular formula is C26H42Zr. The molecule has 0 aromatic heterocycles. The Hall–Kier alpha value is -0.157. The molecule has 0 amide bonds. The van der Waals surface area contributed by atoms with E-state index in [-0.39, 0.29) is 26.2 Å². The molecule has 0 aliphatic heterocycles. The molecule has 0 heterocycles. The van der Waals surface area contributed by atoms with Gasteiger partial charge in [-0.05, 0) is 0 Å². The average Bonchev–Trinajstić information content (AvgIpc) is 3.31. The van der Waals surface area contributed by atoms with Gasteiger partial charge in [0, 0.05) is 0 Å². The van der Waals surface area contributed by atoms with Gasteiger partial charge >= 0.3 is 26.2 Å². The molecule has 1 heteroatoms. The van der Waals surface area contributed by atoms with Gasteiger partial charge in [0.25, 0.3) is 0 Å². The number of hydrogen-bond acceptors (Lipinski definition) is 0. The number of hydrogen-bond donors (Lipinski definition) is 0. The molecule has 27 heavy (non-hydrogen) atoms. The van der Waals surface area contributed by atoms with E-state index in [1.54, 1.807) is 11.1 Å². The fraction of sp³-hybridized carbons (Fsp3) is 0.692. The zero-order valence-electron chi connectivity index (χ0n) is 18.6. The predicted octanol–water partition coefficient (Wildman–Crippen LogP) is 8.85. The summed E-state index contributed by atoms with van der Waals surface area (Å²) in [5.41, 5.74) is 6.13. The zero-order valence-corrected chi connectivity index (χ0v) is 21.0. The van der Waals surface area contributed by atoms with Gasteiger partial charge in [0.15, 0.2) is 0 Å². The van der Waals surface area contributed by atoms with Crippen LogP contribution in [0.1, 0.15) is 118 Å². The van der Waals surface area contributed by atoms with Crippen LogP contribution in [0.25, 0.3) is 0 Å². The monoisotopic (exact) mass is 444 g/mol. The van der Waals surface area contributed by atoms with Crippen molar-refractivity contribution in [2.75, 3.05) is 0 Å². The maximum absolute atomic E-state index is 3.46. The van der Waals surface area contributed by atoms with Crippen LogP contribution in [0.5, 0.6) is 0 Å². The molecule has 0 atom stereocenters. The third-order valence-corrected chi connectivity index (χ3v) is 5.43. The van der Waals surface area contributed by atoms with E-state index in [2.05, 4.69) is 52.0 Å². The Morgan fingerprint density at radius 3 is 1.37 bits per heavy atom. The topological polar surface area (TPSA) is 0 Å². The van der Waals surface area contributed by atoms with Gasteiger partial charge in [-0.25, -0.2) is 11.1 Å². The molecule has 2 rings (SSSR count). The first-order chi connectivity index (χ1) is 12.8. The molecular weight excluding hydrogens is 404 g/mol. The Morgan fingerprint density at radius 2 is 1.04 bits per heavy atom. The summed E-state index contributed by atoms with van der Waals surface area (Å²) in [6.07, 6.45) is 29.5. The minimum Gasteiger partial charge on any atom is -0.269 e. The Morgan fingerprint density at radius 1 is 0.630 bits per heavy atom. The van der Waals surface area contributed by atoms with Crippen molar-refractivity contribution in [2.24, 2.45) is 0 Å². The van der Waals surface area contributed by atoms with Crippen LogP contribution >= 0.6 is 0 Å². The molecule has 0 aromatic carbocycles. The second-order valence-corrected chi connectivity index (χ2v) is 7.51. The molecule has 2 aliphatic carbocycles. The minimum absolute atomic E-state index is 0. The molecule has 0 bridgehead atoms. The van der Waals surface area contributed by atoms with E-state index in [1.807, 2.05) is 0 Å². The summed E-state index contributed by atoms with van der Waals surface area (Å²) in [5, 5.41) is 0. The number of rotatable bonds is 12. The van der Waals surface area contributed by atoms with Crippen molar-refractivity contribution in [1.29, 1.82) is 0 Å². The molecule has 0 nitrogen and oxygen atoms in total. The Bertz CT molecular complexity index is 444. The van der Waals surface area contributed by atoms with Crippen molar-refractivity contribution in [3.05, 3.63) is 46.6 Å². The standard InChI is InChI=1S/2C13H21.Zr/c2*1-3-5-6-7-9-13-11-8-10-12(13)4-2;/h2*10H,3-9H2,1-2H3;/q2*-1;+2. The average molecular weight is 446 g/mol. The zero-order chi connectivity index (χ0) is 19.0. The Kier molecular flexibility index (Phi) is 17.8. The van der Waals surface area contributed by atoms with Gasteiger partial charge in [-0.1, -0.05) is 105 Å². The maximum Gasteiger partial charge on any atom is 2.00 e. The van der Waals surface area contributed by atoms with Gasteiger partial charge in [-0.15, -0.1) is 12.8 Å². The number of unbranched alkanes of at least 4 members (excludes halogenated alkanes) is 6. The van der Waals surface area contributed by atoms with Crippen LogP contribution in [0.4, 0.5) is 0 Å². The van der Waals surface area contributed by atoms with E-state index in [4.69, 9.17) is 0 Å². The van der Waals surface area contributed by atoms with Crippen molar-refractivity contribution in [3.63, 3.8) is 0 Å². The van der Waals surface area contributed by atoms with E-state index in [1.165, 1.54) is 88.2 Å². The van der Waals surface area contributed by atoms with Crippen molar-refractivity contribution < 1.29 is 26.2 Å². The van der Waals surface area contributed by atoms with E-state index >= 15 is 0 Å². The molecule has 0 saturated carbocycles. The van der Waals surface area contributed by atoms with Crippen molar-refractivity contribution in [1.82, 2.24) is 0 Å². The first-order valence-corrected chi connectivity index (χ1v) is 11.3. The van der Waals surface area contributed by atoms with Gasteiger partial charge in [0.2, 0.25) is 0 Å². The molecule has 0 aromatic rings. The number of allylic oxidation sites excluding steroid dienone is 8. The molecule has 0 fully saturated rings. The fourth-order valence-electron chi connectivity index (χ4n) is 3.74. The summed E-state index contributed by atoms with van der Waals surface area (Å²) in [6.45, 7) is 9.01. The van der Waals surface area contributed by atoms with Crippen LogP contribution in [0.2, 0.25) is 0 Å². The molecule has 150 valence electrons. The quantitative estimate of drug-likeness (QED) is 0.208. The van der Waals surface area contributed by atoms with E-state index < -0.39 is 0 Å². The summed E-state index contributed by atoms with van der Waals surface area (Å²) < 4.78 is 0. The third-order valence-electron chi connectivity index (χ3n) is 5.43. The van der Waals surface area contributed by atoms with E-state index in [0.717, 1.165) is 12.8 Å². The van der Waals surface area contributed by atoms with Crippen LogP contribution < -0.4 is 0 Å². The van der Waals surface area contributed by atoms with Crippen LogP contribution in [-0.2, 0) is 26.2 Å². The first kappa shape index (κ1) is 26.8. The maximum atomic E-state index is 3.46. The second-order valence-electron chi connectivity index (χ2n) is 7.51. The van der Waals surface area contributed by atoms with E-state index in [0.29, 0.717) is 0 Å². The van der Waals surface area contributed by atoms with Gasteiger partial charge in [-0.2, -0.15) is 23.3 Å². The van der Waals surface area contributed by atoms with Gasteiger partial charge < -0.3 is 0 Å². The summed E-state index contributed by atoms with van der Waals surface area (Å²) >= 11 is 0. The first-order valence-electron chi connectivity index (χ1n) is 11.3. The largest absolute Gasteiger partial charge is 2.00 e. The normalized spacial score (nSPS) is 15.3.